The van der Waals surface area contributed by atoms with Gasteiger partial charge >= 0.3 is 0 Å². The van der Waals surface area contributed by atoms with E-state index in [-0.39, 0.29) is 0 Å². The highest BCUT2D eigenvalue weighted by Gasteiger charge is 2.24. The Morgan fingerprint density at radius 1 is 0.882 bits per heavy atom. The van der Waals surface area contributed by atoms with E-state index < -0.39 is 8.32 Å². The molecule has 0 aliphatic rings. The minimum Gasteiger partial charge on any atom is -0.417 e. The van der Waals surface area contributed by atoms with Gasteiger partial charge in [0.2, 0.25) is 0 Å². The minimum atomic E-state index is -1.38. The molecule has 0 saturated heterocycles. The molecule has 1 nitrogen and oxygen atoms in total. The summed E-state index contributed by atoms with van der Waals surface area (Å²) in [7, 11) is -1.38. The van der Waals surface area contributed by atoms with Crippen LogP contribution >= 0.6 is 0 Å². The summed E-state index contributed by atoms with van der Waals surface area (Å²) in [4.78, 5) is 0. The molecule has 0 aliphatic heterocycles. The number of hydrogen-bond acceptors (Lipinski definition) is 1. The van der Waals surface area contributed by atoms with Gasteiger partial charge in [0.05, 0.1) is 0 Å². The normalized spacial score (nSPS) is 13.1. The topological polar surface area (TPSA) is 9.23 Å². The molecule has 0 N–H and O–H groups in total. The predicted molar refractivity (Wildman–Crippen MR) is 81.1 cm³/mol. The van der Waals surface area contributed by atoms with Crippen molar-refractivity contribution in [2.75, 3.05) is 6.61 Å². The predicted octanol–water partition coefficient (Wildman–Crippen LogP) is 5.61. The Morgan fingerprint density at radius 2 is 1.41 bits per heavy atom. The molecule has 0 fully saturated rings. The molecule has 0 radical (unpaired) electrons. The zero-order chi connectivity index (χ0) is 13.4. The molecule has 0 saturated carbocycles. The van der Waals surface area contributed by atoms with Gasteiger partial charge in [0.15, 0.2) is 8.32 Å². The van der Waals surface area contributed by atoms with Gasteiger partial charge in [0.25, 0.3) is 0 Å². The summed E-state index contributed by atoms with van der Waals surface area (Å²) < 4.78 is 6.16. The van der Waals surface area contributed by atoms with Gasteiger partial charge in [0.1, 0.15) is 0 Å². The van der Waals surface area contributed by atoms with Crippen molar-refractivity contribution in [2.45, 2.75) is 85.4 Å². The monoisotopic (exact) mass is 258 g/mol. The van der Waals surface area contributed by atoms with E-state index in [4.69, 9.17) is 4.43 Å². The van der Waals surface area contributed by atoms with Gasteiger partial charge in [-0.05, 0) is 24.6 Å². The summed E-state index contributed by atoms with van der Waals surface area (Å²) in [6.07, 6.45) is 8.34. The lowest BCUT2D eigenvalue weighted by molar-refractivity contribution is 0.189. The van der Waals surface area contributed by atoms with Crippen LogP contribution in [0.4, 0.5) is 0 Å². The van der Waals surface area contributed by atoms with E-state index in [0.29, 0.717) is 5.41 Å². The Hall–Kier alpha value is 0.177. The van der Waals surface area contributed by atoms with Crippen molar-refractivity contribution in [3.8, 4) is 0 Å². The number of unbranched alkanes of at least 4 members (excludes halogenated alkanes) is 5. The molecule has 0 heterocycles. The molecule has 0 aromatic carbocycles. The first kappa shape index (κ1) is 17.2. The third-order valence-electron chi connectivity index (χ3n) is 3.03. The molecule has 17 heavy (non-hydrogen) atoms. The Labute approximate surface area is 110 Å². The number of rotatable bonds is 9. The first-order valence-corrected chi connectivity index (χ1v) is 10.5. The van der Waals surface area contributed by atoms with Crippen molar-refractivity contribution >= 4 is 8.32 Å². The highest BCUT2D eigenvalue weighted by Crippen LogP contribution is 2.21. The van der Waals surface area contributed by atoms with Crippen molar-refractivity contribution in [1.82, 2.24) is 0 Å². The molecule has 0 bridgehead atoms. The standard InChI is InChI=1S/C15H34OSi/c1-7-8-9-10-11-12-13-17(5,6)16-14-15(2,3)4/h7-14H2,1-6H3. The Bertz CT molecular complexity index is 182. The van der Waals surface area contributed by atoms with Gasteiger partial charge in [-0.25, -0.2) is 0 Å². The fourth-order valence-electron chi connectivity index (χ4n) is 1.82. The van der Waals surface area contributed by atoms with Crippen molar-refractivity contribution in [3.05, 3.63) is 0 Å². The molecule has 0 atom stereocenters. The molecule has 0 spiro atoms. The maximum atomic E-state index is 6.16. The van der Waals surface area contributed by atoms with Crippen molar-refractivity contribution < 1.29 is 4.43 Å². The summed E-state index contributed by atoms with van der Waals surface area (Å²) in [6.45, 7) is 14.7. The van der Waals surface area contributed by atoms with Crippen molar-refractivity contribution in [2.24, 2.45) is 5.41 Å². The van der Waals surface area contributed by atoms with Crippen LogP contribution in [0.2, 0.25) is 19.1 Å². The van der Waals surface area contributed by atoms with E-state index in [9.17, 15) is 0 Å². The van der Waals surface area contributed by atoms with Gasteiger partial charge in [0, 0.05) is 6.61 Å². The van der Waals surface area contributed by atoms with Gasteiger partial charge in [-0.1, -0.05) is 66.2 Å². The first-order valence-electron chi connectivity index (χ1n) is 7.41. The van der Waals surface area contributed by atoms with Gasteiger partial charge in [-0.2, -0.15) is 0 Å². The molecular weight excluding hydrogens is 224 g/mol. The van der Waals surface area contributed by atoms with E-state index in [1.807, 2.05) is 0 Å². The molecule has 0 aliphatic carbocycles. The third kappa shape index (κ3) is 12.4. The minimum absolute atomic E-state index is 0.311. The van der Waals surface area contributed by atoms with Crippen molar-refractivity contribution in [3.63, 3.8) is 0 Å². The fraction of sp³-hybridized carbons (Fsp3) is 1.00. The smallest absolute Gasteiger partial charge is 0.186 e. The molecular formula is C15H34OSi. The van der Waals surface area contributed by atoms with E-state index in [1.165, 1.54) is 44.6 Å². The van der Waals surface area contributed by atoms with Crippen LogP contribution in [0.5, 0.6) is 0 Å². The second-order valence-electron chi connectivity index (χ2n) is 7.13. The zero-order valence-electron chi connectivity index (χ0n) is 13.1. The van der Waals surface area contributed by atoms with E-state index in [0.717, 1.165) is 6.61 Å². The highest BCUT2D eigenvalue weighted by atomic mass is 28.4. The molecule has 0 aromatic rings. The molecule has 0 rings (SSSR count). The van der Waals surface area contributed by atoms with Crippen LogP contribution in [0.15, 0.2) is 0 Å². The maximum Gasteiger partial charge on any atom is 0.186 e. The summed E-state index contributed by atoms with van der Waals surface area (Å²) in [5, 5.41) is 0. The van der Waals surface area contributed by atoms with E-state index in [2.05, 4.69) is 40.8 Å². The van der Waals surface area contributed by atoms with Crippen LogP contribution in [-0.2, 0) is 4.43 Å². The quantitative estimate of drug-likeness (QED) is 0.385. The highest BCUT2D eigenvalue weighted by molar-refractivity contribution is 6.71. The van der Waals surface area contributed by atoms with Crippen molar-refractivity contribution in [1.29, 1.82) is 0 Å². The Morgan fingerprint density at radius 3 is 1.94 bits per heavy atom. The summed E-state index contributed by atoms with van der Waals surface area (Å²) in [5.74, 6) is 0. The summed E-state index contributed by atoms with van der Waals surface area (Å²) >= 11 is 0. The maximum absolute atomic E-state index is 6.16. The van der Waals surface area contributed by atoms with Crippen LogP contribution in [0.1, 0.15) is 66.2 Å². The second-order valence-corrected chi connectivity index (χ2v) is 11.4. The van der Waals surface area contributed by atoms with Crippen LogP contribution in [0.3, 0.4) is 0 Å². The van der Waals surface area contributed by atoms with Gasteiger partial charge < -0.3 is 4.43 Å². The van der Waals surface area contributed by atoms with Crippen LogP contribution in [0, 0.1) is 5.41 Å². The lowest BCUT2D eigenvalue weighted by Crippen LogP contribution is -2.34. The van der Waals surface area contributed by atoms with Crippen LogP contribution in [0.25, 0.3) is 0 Å². The Kier molecular flexibility index (Phi) is 8.40. The molecule has 2 heteroatoms. The molecule has 0 amide bonds. The summed E-state index contributed by atoms with van der Waals surface area (Å²) in [5.41, 5.74) is 0.311. The first-order chi connectivity index (χ1) is 7.77. The van der Waals surface area contributed by atoms with Gasteiger partial charge in [-0.15, -0.1) is 0 Å². The average molecular weight is 259 g/mol. The summed E-state index contributed by atoms with van der Waals surface area (Å²) in [6, 6.07) is 1.33. The fourth-order valence-corrected chi connectivity index (χ4v) is 3.88. The SMILES string of the molecule is CCCCCCCC[Si](C)(C)OCC(C)(C)C. The molecule has 0 aromatic heterocycles. The Balaban J connectivity index is 3.57. The van der Waals surface area contributed by atoms with Gasteiger partial charge in [-0.3, -0.25) is 0 Å². The molecule has 104 valence electrons. The lowest BCUT2D eigenvalue weighted by Gasteiger charge is -2.28. The van der Waals surface area contributed by atoms with Crippen LogP contribution < -0.4 is 0 Å². The lowest BCUT2D eigenvalue weighted by atomic mass is 9.99. The number of hydrogen-bond donors (Lipinski definition) is 0. The van der Waals surface area contributed by atoms with E-state index >= 15 is 0 Å². The largest absolute Gasteiger partial charge is 0.417 e. The zero-order valence-corrected chi connectivity index (χ0v) is 14.1. The second kappa shape index (κ2) is 8.31. The average Bonchev–Trinajstić information content (AvgIpc) is 2.20. The molecule has 0 unspecified atom stereocenters. The van der Waals surface area contributed by atoms with E-state index in [1.54, 1.807) is 0 Å². The third-order valence-corrected chi connectivity index (χ3v) is 5.51. The van der Waals surface area contributed by atoms with Crippen LogP contribution in [-0.4, -0.2) is 14.9 Å².